The third kappa shape index (κ3) is 3.85. The zero-order chi connectivity index (χ0) is 16.5. The molecule has 1 saturated heterocycles. The highest BCUT2D eigenvalue weighted by molar-refractivity contribution is 7.11. The third-order valence-corrected chi connectivity index (χ3v) is 5.15. The number of rotatable bonds is 4. The van der Waals surface area contributed by atoms with Gasteiger partial charge in [-0.3, -0.25) is 4.79 Å². The molecule has 1 amide bonds. The number of likely N-dealkylation sites (tertiary alicyclic amines) is 1. The Balaban J connectivity index is 1.50. The fraction of sp³-hybridized carbons (Fsp3) is 0.667. The van der Waals surface area contributed by atoms with E-state index >= 15 is 0 Å². The Labute approximate surface area is 137 Å². The average molecular weight is 343 g/mol. The topological polar surface area (TPSA) is 54.8 Å². The highest BCUT2D eigenvalue weighted by Crippen LogP contribution is 2.36. The average Bonchev–Trinajstić information content (AvgIpc) is 3.15. The Kier molecular flexibility index (Phi) is 4.35. The Bertz CT molecular complexity index is 590. The number of thiazole rings is 1. The van der Waals surface area contributed by atoms with Crippen molar-refractivity contribution in [2.75, 3.05) is 13.1 Å². The molecule has 0 atom stereocenters. The van der Waals surface area contributed by atoms with Crippen LogP contribution in [0.5, 0.6) is 0 Å². The maximum absolute atomic E-state index is 12.9. The van der Waals surface area contributed by atoms with Crippen LogP contribution in [0.15, 0.2) is 16.7 Å². The lowest BCUT2D eigenvalue weighted by Crippen LogP contribution is -2.47. The second-order valence-electron chi connectivity index (χ2n) is 6.28. The van der Waals surface area contributed by atoms with Gasteiger partial charge in [-0.1, -0.05) is 5.16 Å². The molecule has 1 aromatic rings. The van der Waals surface area contributed by atoms with Crippen LogP contribution >= 0.6 is 11.3 Å². The molecule has 0 saturated carbocycles. The molecule has 5 nitrogen and oxygen atoms in total. The van der Waals surface area contributed by atoms with E-state index in [0.717, 1.165) is 17.6 Å². The van der Waals surface area contributed by atoms with E-state index in [1.54, 1.807) is 11.1 Å². The molecule has 8 heteroatoms. The quantitative estimate of drug-likeness (QED) is 0.844. The maximum atomic E-state index is 12.9. The molecule has 3 heterocycles. The summed E-state index contributed by atoms with van der Waals surface area (Å²) in [5.74, 6) is -3.00. The summed E-state index contributed by atoms with van der Waals surface area (Å²) in [5, 5.41) is 6.92. The van der Waals surface area contributed by atoms with E-state index in [1.807, 2.05) is 5.38 Å². The van der Waals surface area contributed by atoms with Crippen molar-refractivity contribution in [3.63, 3.8) is 0 Å². The van der Waals surface area contributed by atoms with Gasteiger partial charge in [0.05, 0.1) is 0 Å². The molecule has 23 heavy (non-hydrogen) atoms. The van der Waals surface area contributed by atoms with E-state index in [-0.39, 0.29) is 17.9 Å². The van der Waals surface area contributed by atoms with Gasteiger partial charge in [0.1, 0.15) is 16.3 Å². The second-order valence-corrected chi connectivity index (χ2v) is 7.17. The van der Waals surface area contributed by atoms with Gasteiger partial charge in [-0.2, -0.15) is 0 Å². The number of hydrogen-bond acceptors (Lipinski definition) is 5. The van der Waals surface area contributed by atoms with Crippen LogP contribution in [-0.4, -0.2) is 46.1 Å². The molecule has 0 radical (unpaired) electrons. The number of amides is 1. The first-order chi connectivity index (χ1) is 10.9. The molecular weight excluding hydrogens is 324 g/mol. The highest BCUT2D eigenvalue weighted by Gasteiger charge is 2.43. The molecule has 0 bridgehead atoms. The number of halogens is 2. The van der Waals surface area contributed by atoms with E-state index < -0.39 is 12.3 Å². The van der Waals surface area contributed by atoms with Crippen molar-refractivity contribution in [3.05, 3.63) is 16.6 Å². The monoisotopic (exact) mass is 343 g/mol. The summed E-state index contributed by atoms with van der Waals surface area (Å²) in [5.41, 5.74) is 0.484. The first kappa shape index (κ1) is 16.3. The molecule has 3 rings (SSSR count). The fourth-order valence-electron chi connectivity index (χ4n) is 2.92. The Hall–Kier alpha value is -1.57. The molecule has 0 unspecified atom stereocenters. The van der Waals surface area contributed by atoms with Crippen LogP contribution in [0.3, 0.4) is 0 Å². The van der Waals surface area contributed by atoms with E-state index in [9.17, 15) is 13.6 Å². The van der Waals surface area contributed by atoms with Gasteiger partial charge in [-0.05, 0) is 6.92 Å². The van der Waals surface area contributed by atoms with Crippen LogP contribution in [0.1, 0.15) is 44.0 Å². The van der Waals surface area contributed by atoms with Gasteiger partial charge in [0.15, 0.2) is 0 Å². The molecule has 1 aromatic heterocycles. The van der Waals surface area contributed by atoms with Crippen molar-refractivity contribution in [2.24, 2.45) is 5.16 Å². The second kappa shape index (κ2) is 6.14. The number of alkyl halides is 2. The molecule has 0 aliphatic carbocycles. The van der Waals surface area contributed by atoms with Gasteiger partial charge in [0.2, 0.25) is 11.8 Å². The highest BCUT2D eigenvalue weighted by atomic mass is 32.1. The molecule has 0 N–H and O–H groups in total. The minimum atomic E-state index is -2.79. The Morgan fingerprint density at radius 1 is 1.48 bits per heavy atom. The number of oxime groups is 1. The minimum Gasteiger partial charge on any atom is -0.388 e. The fourth-order valence-corrected chi connectivity index (χ4v) is 3.54. The summed E-state index contributed by atoms with van der Waals surface area (Å²) in [6.07, 6.45) is 3.24. The smallest absolute Gasteiger partial charge is 0.245 e. The Morgan fingerprint density at radius 2 is 2.22 bits per heavy atom. The normalized spacial score (nSPS) is 20.5. The molecule has 1 spiro atoms. The summed E-state index contributed by atoms with van der Waals surface area (Å²) in [6.45, 7) is 1.89. The van der Waals surface area contributed by atoms with Crippen molar-refractivity contribution >= 4 is 23.0 Å². The van der Waals surface area contributed by atoms with E-state index in [0.29, 0.717) is 32.4 Å². The van der Waals surface area contributed by atoms with E-state index in [1.165, 1.54) is 11.3 Å². The van der Waals surface area contributed by atoms with Crippen molar-refractivity contribution < 1.29 is 18.4 Å². The molecule has 126 valence electrons. The van der Waals surface area contributed by atoms with Gasteiger partial charge in [0, 0.05) is 56.8 Å². The van der Waals surface area contributed by atoms with Gasteiger partial charge < -0.3 is 9.74 Å². The SMILES string of the molecule is CC(F)(F)CCC(=O)N1CCC2(CC1)CC(c1nccs1)=NO2. The number of piperidine rings is 1. The van der Waals surface area contributed by atoms with Gasteiger partial charge in [-0.25, -0.2) is 13.8 Å². The first-order valence-corrected chi connectivity index (χ1v) is 8.55. The summed E-state index contributed by atoms with van der Waals surface area (Å²) >= 11 is 1.52. The zero-order valence-corrected chi connectivity index (χ0v) is 13.7. The van der Waals surface area contributed by atoms with Crippen molar-refractivity contribution in [2.45, 2.75) is 50.6 Å². The lowest BCUT2D eigenvalue weighted by atomic mass is 9.87. The van der Waals surface area contributed by atoms with Crippen LogP contribution in [0.4, 0.5) is 8.78 Å². The maximum Gasteiger partial charge on any atom is 0.245 e. The predicted molar refractivity (Wildman–Crippen MR) is 82.8 cm³/mol. The lowest BCUT2D eigenvalue weighted by Gasteiger charge is -2.37. The van der Waals surface area contributed by atoms with E-state index in [2.05, 4.69) is 10.1 Å². The lowest BCUT2D eigenvalue weighted by molar-refractivity contribution is -0.138. The van der Waals surface area contributed by atoms with Crippen LogP contribution in [0, 0.1) is 0 Å². The number of carbonyl (C=O) groups is 1. The van der Waals surface area contributed by atoms with Gasteiger partial charge in [-0.15, -0.1) is 11.3 Å². The van der Waals surface area contributed by atoms with Crippen molar-refractivity contribution in [1.29, 1.82) is 0 Å². The summed E-state index contributed by atoms with van der Waals surface area (Å²) in [4.78, 5) is 23.6. The van der Waals surface area contributed by atoms with Crippen LogP contribution < -0.4 is 0 Å². The zero-order valence-electron chi connectivity index (χ0n) is 12.9. The summed E-state index contributed by atoms with van der Waals surface area (Å²) in [6, 6.07) is 0. The standard InChI is InChI=1S/C15H19F2N3O2S/c1-14(16,17)3-2-12(21)20-7-4-15(5-8-20)10-11(19-22-15)13-18-6-9-23-13/h6,9H,2-5,7-8,10H2,1H3. The van der Waals surface area contributed by atoms with Gasteiger partial charge >= 0.3 is 0 Å². The molecule has 2 aliphatic heterocycles. The number of aromatic nitrogens is 1. The van der Waals surface area contributed by atoms with Crippen LogP contribution in [0.2, 0.25) is 0 Å². The van der Waals surface area contributed by atoms with Crippen molar-refractivity contribution in [1.82, 2.24) is 9.88 Å². The third-order valence-electron chi connectivity index (χ3n) is 4.32. The Morgan fingerprint density at radius 3 is 2.83 bits per heavy atom. The summed E-state index contributed by atoms with van der Waals surface area (Å²) < 4.78 is 25.7. The predicted octanol–water partition coefficient (Wildman–Crippen LogP) is 3.06. The molecule has 0 aromatic carbocycles. The number of carbonyl (C=O) groups excluding carboxylic acids is 1. The first-order valence-electron chi connectivity index (χ1n) is 7.67. The summed E-state index contributed by atoms with van der Waals surface area (Å²) in [7, 11) is 0. The van der Waals surface area contributed by atoms with Gasteiger partial charge in [0.25, 0.3) is 0 Å². The van der Waals surface area contributed by atoms with Crippen LogP contribution in [-0.2, 0) is 9.63 Å². The largest absolute Gasteiger partial charge is 0.388 e. The molecule has 2 aliphatic rings. The van der Waals surface area contributed by atoms with Crippen LogP contribution in [0.25, 0.3) is 0 Å². The molecule has 1 fully saturated rings. The number of nitrogens with zero attached hydrogens (tertiary/aromatic N) is 3. The van der Waals surface area contributed by atoms with E-state index in [4.69, 9.17) is 4.84 Å². The molecular formula is C15H19F2N3O2S. The van der Waals surface area contributed by atoms with Crippen molar-refractivity contribution in [3.8, 4) is 0 Å². The minimum absolute atomic E-state index is 0.113. The number of hydrogen-bond donors (Lipinski definition) is 0.